The molecule has 56 heavy (non-hydrogen) atoms. The summed E-state index contributed by atoms with van der Waals surface area (Å²) in [5.74, 6) is 0.898. The number of rotatable bonds is 18. The van der Waals surface area contributed by atoms with E-state index in [4.69, 9.17) is 28.0 Å². The van der Waals surface area contributed by atoms with Crippen molar-refractivity contribution < 1.29 is 37.2 Å². The molecule has 298 valence electrons. The van der Waals surface area contributed by atoms with Gasteiger partial charge in [0.15, 0.2) is 12.4 Å². The summed E-state index contributed by atoms with van der Waals surface area (Å²) in [7, 11) is 1.24. The number of nitrogens with one attached hydrogen (secondary N) is 1. The molecule has 1 N–H and O–H groups in total. The van der Waals surface area contributed by atoms with E-state index in [1.807, 2.05) is 111 Å². The van der Waals surface area contributed by atoms with Gasteiger partial charge in [-0.1, -0.05) is 54.6 Å². The van der Waals surface area contributed by atoms with Crippen molar-refractivity contribution in [2.75, 3.05) is 32.8 Å². The molecule has 0 spiro atoms. The smallest absolute Gasteiger partial charge is 0.351 e. The Balaban J connectivity index is 1.62. The van der Waals surface area contributed by atoms with Gasteiger partial charge >= 0.3 is 5.69 Å². The van der Waals surface area contributed by atoms with Crippen LogP contribution < -0.4 is 20.5 Å². The normalized spacial score (nSPS) is 18.9. The number of amides is 1. The number of carbonyl (C=O) groups excluding carboxylic acids is 1. The van der Waals surface area contributed by atoms with Crippen LogP contribution in [0.3, 0.4) is 0 Å². The number of ether oxygens (including phenoxy) is 4. The van der Waals surface area contributed by atoms with Crippen molar-refractivity contribution in [1.29, 1.82) is 5.26 Å². The molecule has 4 unspecified atom stereocenters. The minimum atomic E-state index is -1.94. The second-order valence-electron chi connectivity index (χ2n) is 13.6. The molecule has 0 bridgehead atoms. The van der Waals surface area contributed by atoms with Gasteiger partial charge in [-0.05, 0) is 74.7 Å². The monoisotopic (exact) mass is 789 g/mol. The molecule has 1 aromatic heterocycles. The number of alkyl halides is 1. The summed E-state index contributed by atoms with van der Waals surface area (Å²) in [4.78, 5) is 28.9. The first kappa shape index (κ1) is 42.4. The fraction of sp³-hybridized carbons (Fsp3) is 0.415. The third-order valence-electron chi connectivity index (χ3n) is 9.19. The third-order valence-corrected chi connectivity index (χ3v) is 11.3. The minimum absolute atomic E-state index is 0.0189. The van der Waals surface area contributed by atoms with E-state index in [0.717, 1.165) is 21.3 Å². The van der Waals surface area contributed by atoms with Gasteiger partial charge in [0.25, 0.3) is 8.53 Å². The molecule has 5 rings (SSSR count). The van der Waals surface area contributed by atoms with Gasteiger partial charge in [0.05, 0.1) is 39.9 Å². The lowest BCUT2D eigenvalue weighted by molar-refractivity contribution is -0.114. The van der Waals surface area contributed by atoms with Gasteiger partial charge in [0, 0.05) is 25.2 Å². The Bertz CT molecular complexity index is 1920. The average molecular weight is 790 g/mol. The number of hydrogen-bond donors (Lipinski definition) is 1. The van der Waals surface area contributed by atoms with E-state index >= 15 is 4.39 Å². The Labute approximate surface area is 328 Å². The molecule has 4 aromatic rings. The maximum atomic E-state index is 17.1. The molecule has 1 fully saturated rings. The predicted molar refractivity (Wildman–Crippen MR) is 210 cm³/mol. The van der Waals surface area contributed by atoms with Gasteiger partial charge < -0.3 is 33.3 Å². The van der Waals surface area contributed by atoms with Crippen LogP contribution in [0, 0.1) is 11.3 Å². The summed E-state index contributed by atoms with van der Waals surface area (Å²) in [5.41, 5.74) is 0.172. The molecule has 1 aliphatic rings. The number of halogens is 1. The van der Waals surface area contributed by atoms with E-state index in [1.165, 1.54) is 19.2 Å². The van der Waals surface area contributed by atoms with Crippen LogP contribution in [0.1, 0.15) is 64.0 Å². The Morgan fingerprint density at radius 2 is 1.54 bits per heavy atom. The molecule has 1 saturated heterocycles. The van der Waals surface area contributed by atoms with Crippen molar-refractivity contribution in [3.63, 3.8) is 0 Å². The van der Waals surface area contributed by atoms with E-state index in [2.05, 4.69) is 16.4 Å². The Kier molecular flexibility index (Phi) is 14.7. The quantitative estimate of drug-likeness (QED) is 0.0625. The van der Waals surface area contributed by atoms with Crippen LogP contribution in [0.4, 0.5) is 10.2 Å². The zero-order valence-electron chi connectivity index (χ0n) is 32.6. The molecule has 0 radical (unpaired) electrons. The molecule has 1 amide bonds. The van der Waals surface area contributed by atoms with Crippen molar-refractivity contribution >= 4 is 20.3 Å². The molecule has 15 heteroatoms. The lowest BCUT2D eigenvalue weighted by Crippen LogP contribution is -2.41. The Morgan fingerprint density at radius 3 is 2.04 bits per heavy atom. The van der Waals surface area contributed by atoms with Crippen LogP contribution in [-0.2, 0) is 28.9 Å². The highest BCUT2D eigenvalue weighted by atomic mass is 31.2. The van der Waals surface area contributed by atoms with Crippen molar-refractivity contribution in [3.8, 4) is 17.6 Å². The molecule has 13 nitrogen and oxygen atoms in total. The first-order valence-corrected chi connectivity index (χ1v) is 19.5. The zero-order chi connectivity index (χ0) is 40.4. The Hall–Kier alpha value is -4.74. The average Bonchev–Trinajstić information content (AvgIpc) is 3.49. The fourth-order valence-corrected chi connectivity index (χ4v) is 8.48. The molecule has 5 atom stereocenters. The number of nitriles is 1. The van der Waals surface area contributed by atoms with Gasteiger partial charge in [-0.15, -0.1) is 0 Å². The van der Waals surface area contributed by atoms with Gasteiger partial charge in [0.1, 0.15) is 35.1 Å². The van der Waals surface area contributed by atoms with Crippen molar-refractivity contribution in [3.05, 3.63) is 118 Å². The molecule has 3 aromatic carbocycles. The van der Waals surface area contributed by atoms with E-state index in [-0.39, 0.29) is 37.5 Å². The summed E-state index contributed by atoms with van der Waals surface area (Å²) in [6, 6.07) is 28.0. The summed E-state index contributed by atoms with van der Waals surface area (Å²) in [6.07, 6.45) is -4.36. The zero-order valence-corrected chi connectivity index (χ0v) is 33.5. The molecular formula is C41H49FN5O8P. The highest BCUT2D eigenvalue weighted by Gasteiger charge is 2.51. The van der Waals surface area contributed by atoms with Gasteiger partial charge in [-0.3, -0.25) is 9.36 Å². The van der Waals surface area contributed by atoms with Crippen LogP contribution in [-0.4, -0.2) is 78.0 Å². The standard InChI is InChI=1S/C41H49FN5O8P/c1-27(2)47(28(3)4)56(53-25-11-23-43)55-38-35(54-39(37(38)42)46-24-22-36(44-29(5)48)45-40(46)49)26-52-41(30-12-9-8-10-13-30,31-14-18-33(50-6)19-15-31)32-16-20-34(51-7)21-17-32/h8-10,12-22,24,27-28,35,37-39H,11,25-26H2,1-7H3,(H,44,45,48,49)/t35?,37-,38?,39?,56?/m0/s1. The highest BCUT2D eigenvalue weighted by molar-refractivity contribution is 7.44. The lowest BCUT2D eigenvalue weighted by Gasteiger charge is -2.39. The molecule has 2 heterocycles. The number of aromatic nitrogens is 2. The van der Waals surface area contributed by atoms with E-state index in [0.29, 0.717) is 11.5 Å². The van der Waals surface area contributed by atoms with Crippen LogP contribution in [0.25, 0.3) is 0 Å². The number of carbonyl (C=O) groups is 1. The van der Waals surface area contributed by atoms with E-state index in [9.17, 15) is 14.9 Å². The van der Waals surface area contributed by atoms with Gasteiger partial charge in [0.2, 0.25) is 5.91 Å². The van der Waals surface area contributed by atoms with Crippen molar-refractivity contribution in [1.82, 2.24) is 14.2 Å². The van der Waals surface area contributed by atoms with Crippen molar-refractivity contribution in [2.45, 2.75) is 83.3 Å². The SMILES string of the molecule is COc1ccc(C(OCC2OC(n3ccc(NC(C)=O)nc3=O)[C@@H](F)C2OP(OCCC#N)N(C(C)C)C(C)C)(c2ccccc2)c2ccc(OC)cc2)cc1. The minimum Gasteiger partial charge on any atom is -0.497 e. The number of anilines is 1. The number of hydrogen-bond acceptors (Lipinski definition) is 11. The van der Waals surface area contributed by atoms with Crippen molar-refractivity contribution in [2.24, 2.45) is 0 Å². The van der Waals surface area contributed by atoms with Crippen LogP contribution in [0.5, 0.6) is 11.5 Å². The largest absolute Gasteiger partial charge is 0.497 e. The maximum Gasteiger partial charge on any atom is 0.351 e. The second kappa shape index (κ2) is 19.4. The third kappa shape index (κ3) is 9.61. The van der Waals surface area contributed by atoms with Gasteiger partial charge in [-0.2, -0.15) is 10.2 Å². The fourth-order valence-electron chi connectivity index (χ4n) is 6.71. The highest BCUT2D eigenvalue weighted by Crippen LogP contribution is 2.51. The number of methoxy groups -OCH3 is 2. The number of nitrogens with zero attached hydrogens (tertiary/aromatic N) is 4. The first-order valence-electron chi connectivity index (χ1n) is 18.3. The van der Waals surface area contributed by atoms with Gasteiger partial charge in [-0.25, -0.2) is 13.9 Å². The Morgan fingerprint density at radius 1 is 0.964 bits per heavy atom. The topological polar surface area (TPSA) is 146 Å². The molecule has 0 saturated carbocycles. The second-order valence-corrected chi connectivity index (χ2v) is 15.0. The number of benzene rings is 3. The first-order chi connectivity index (χ1) is 26.9. The molecule has 1 aliphatic heterocycles. The van der Waals surface area contributed by atoms with Crippen LogP contribution in [0.15, 0.2) is 95.9 Å². The van der Waals surface area contributed by atoms with Crippen LogP contribution in [0.2, 0.25) is 0 Å². The summed E-state index contributed by atoms with van der Waals surface area (Å²) < 4.78 is 57.5. The summed E-state index contributed by atoms with van der Waals surface area (Å²) in [5, 5.41) is 11.8. The lowest BCUT2D eigenvalue weighted by atomic mass is 9.80. The summed E-state index contributed by atoms with van der Waals surface area (Å²) >= 11 is 0. The predicted octanol–water partition coefficient (Wildman–Crippen LogP) is 7.12. The molecular weight excluding hydrogens is 740 g/mol. The van der Waals surface area contributed by atoms with E-state index in [1.54, 1.807) is 14.2 Å². The maximum absolute atomic E-state index is 17.1. The summed E-state index contributed by atoms with van der Waals surface area (Å²) in [6.45, 7) is 9.06. The van der Waals surface area contributed by atoms with E-state index < -0.39 is 50.3 Å². The van der Waals surface area contributed by atoms with Crippen LogP contribution >= 0.6 is 8.53 Å². The molecule has 0 aliphatic carbocycles.